The van der Waals surface area contributed by atoms with Crippen LogP contribution in [0, 0.1) is 6.92 Å². The zero-order valence-corrected chi connectivity index (χ0v) is 17.7. The Hall–Kier alpha value is -3.12. The molecule has 0 fully saturated rings. The standard InChI is InChI=1S/C23H25ClN6/c1-15-22-20(27-28-23(25)26)13-17(18-9-5-6-10-19(18)24)14-21(22)29-30(15)12-11-16-7-3-2-4-8-16/h2-10,17H,11-14H2,1H3,(H4,25,26,28). The summed E-state index contributed by atoms with van der Waals surface area (Å²) in [5.74, 6) is 0.120. The first-order chi connectivity index (χ1) is 14.5. The normalized spacial score (nSPS) is 17.0. The van der Waals surface area contributed by atoms with Crippen molar-refractivity contribution in [2.45, 2.75) is 38.6 Å². The molecule has 1 atom stereocenters. The molecular formula is C23H25ClN6. The minimum absolute atomic E-state index is 0.0574. The molecule has 0 bridgehead atoms. The monoisotopic (exact) mass is 420 g/mol. The summed E-state index contributed by atoms with van der Waals surface area (Å²) in [5.41, 5.74) is 17.4. The highest BCUT2D eigenvalue weighted by molar-refractivity contribution is 6.31. The van der Waals surface area contributed by atoms with Crippen molar-refractivity contribution in [2.24, 2.45) is 21.7 Å². The molecular weight excluding hydrogens is 396 g/mol. The third-order valence-electron chi connectivity index (χ3n) is 5.53. The van der Waals surface area contributed by atoms with Gasteiger partial charge >= 0.3 is 0 Å². The Morgan fingerprint density at radius 3 is 2.57 bits per heavy atom. The first-order valence-electron chi connectivity index (χ1n) is 10.0. The Morgan fingerprint density at radius 2 is 1.83 bits per heavy atom. The second-order valence-corrected chi connectivity index (χ2v) is 7.97. The topological polar surface area (TPSA) is 94.6 Å². The first kappa shape index (κ1) is 20.2. The van der Waals surface area contributed by atoms with Crippen LogP contribution < -0.4 is 11.5 Å². The number of nitrogens with two attached hydrogens (primary N) is 2. The fourth-order valence-electron chi connectivity index (χ4n) is 4.10. The quantitative estimate of drug-likeness (QED) is 0.373. The molecule has 0 aliphatic heterocycles. The number of guanidine groups is 1. The van der Waals surface area contributed by atoms with Gasteiger partial charge in [-0.25, -0.2) is 0 Å². The van der Waals surface area contributed by atoms with Crippen molar-refractivity contribution in [1.29, 1.82) is 0 Å². The van der Waals surface area contributed by atoms with Crippen LogP contribution >= 0.6 is 11.6 Å². The average molecular weight is 421 g/mol. The van der Waals surface area contributed by atoms with E-state index < -0.39 is 0 Å². The number of rotatable bonds is 5. The van der Waals surface area contributed by atoms with E-state index in [1.165, 1.54) is 5.56 Å². The average Bonchev–Trinajstić information content (AvgIpc) is 3.07. The molecule has 7 heteroatoms. The van der Waals surface area contributed by atoms with Crippen LogP contribution in [0.15, 0.2) is 64.8 Å². The van der Waals surface area contributed by atoms with Gasteiger partial charge in [0, 0.05) is 22.8 Å². The van der Waals surface area contributed by atoms with Gasteiger partial charge in [-0.3, -0.25) is 4.68 Å². The lowest BCUT2D eigenvalue weighted by Gasteiger charge is -2.24. The Morgan fingerprint density at radius 1 is 1.10 bits per heavy atom. The molecule has 6 nitrogen and oxygen atoms in total. The van der Waals surface area contributed by atoms with Gasteiger partial charge in [0.25, 0.3) is 0 Å². The SMILES string of the molecule is Cc1c2c(nn1CCc1ccccc1)CC(c1ccccc1Cl)CC2=NN=C(N)N. The molecule has 3 aromatic rings. The van der Waals surface area contributed by atoms with Gasteiger partial charge in [-0.1, -0.05) is 60.1 Å². The van der Waals surface area contributed by atoms with Gasteiger partial charge in [0.15, 0.2) is 0 Å². The van der Waals surface area contributed by atoms with E-state index in [-0.39, 0.29) is 11.9 Å². The van der Waals surface area contributed by atoms with Gasteiger partial charge < -0.3 is 11.5 Å². The maximum Gasteiger partial charge on any atom is 0.211 e. The van der Waals surface area contributed by atoms with Crippen LogP contribution in [-0.4, -0.2) is 21.5 Å². The second kappa shape index (κ2) is 8.71. The lowest BCUT2D eigenvalue weighted by atomic mass is 9.81. The zero-order valence-electron chi connectivity index (χ0n) is 16.9. The highest BCUT2D eigenvalue weighted by Gasteiger charge is 2.31. The van der Waals surface area contributed by atoms with Gasteiger partial charge in [-0.05, 0) is 49.3 Å². The summed E-state index contributed by atoms with van der Waals surface area (Å²) >= 11 is 6.48. The third-order valence-corrected chi connectivity index (χ3v) is 5.88. The van der Waals surface area contributed by atoms with Crippen molar-refractivity contribution < 1.29 is 0 Å². The van der Waals surface area contributed by atoms with E-state index in [4.69, 9.17) is 28.2 Å². The minimum Gasteiger partial charge on any atom is -0.369 e. The maximum absolute atomic E-state index is 6.48. The number of hydrogen-bond donors (Lipinski definition) is 2. The summed E-state index contributed by atoms with van der Waals surface area (Å²) in [4.78, 5) is 0. The van der Waals surface area contributed by atoms with Crippen LogP contribution in [0.1, 0.15) is 40.4 Å². The molecule has 4 rings (SSSR count). The predicted molar refractivity (Wildman–Crippen MR) is 122 cm³/mol. The molecule has 154 valence electrons. The molecule has 30 heavy (non-hydrogen) atoms. The molecule has 0 amide bonds. The highest BCUT2D eigenvalue weighted by atomic mass is 35.5. The highest BCUT2D eigenvalue weighted by Crippen LogP contribution is 2.37. The Kier molecular flexibility index (Phi) is 5.86. The fraction of sp³-hybridized carbons (Fsp3) is 0.261. The number of halogens is 1. The van der Waals surface area contributed by atoms with E-state index in [9.17, 15) is 0 Å². The van der Waals surface area contributed by atoms with Gasteiger partial charge in [0.2, 0.25) is 5.96 Å². The lowest BCUT2D eigenvalue weighted by molar-refractivity contribution is 0.582. The number of aryl methyl sites for hydroxylation is 2. The van der Waals surface area contributed by atoms with Crippen LogP contribution in [0.25, 0.3) is 0 Å². The minimum atomic E-state index is -0.0574. The number of hydrogen-bond acceptors (Lipinski definition) is 3. The Bertz CT molecular complexity index is 1100. The van der Waals surface area contributed by atoms with Crippen molar-refractivity contribution in [3.05, 3.63) is 87.7 Å². The molecule has 1 heterocycles. The predicted octanol–water partition coefficient (Wildman–Crippen LogP) is 3.80. The van der Waals surface area contributed by atoms with E-state index in [0.29, 0.717) is 6.42 Å². The fourth-order valence-corrected chi connectivity index (χ4v) is 4.39. The molecule has 0 saturated heterocycles. The molecule has 4 N–H and O–H groups in total. The second-order valence-electron chi connectivity index (χ2n) is 7.56. The van der Waals surface area contributed by atoms with Crippen LogP contribution in [0.3, 0.4) is 0 Å². The van der Waals surface area contributed by atoms with Crippen molar-refractivity contribution in [1.82, 2.24) is 9.78 Å². The molecule has 1 aliphatic carbocycles. The van der Waals surface area contributed by atoms with E-state index in [2.05, 4.69) is 52.1 Å². The lowest BCUT2D eigenvalue weighted by Crippen LogP contribution is -2.23. The van der Waals surface area contributed by atoms with Gasteiger partial charge in [0.1, 0.15) is 0 Å². The van der Waals surface area contributed by atoms with Crippen LogP contribution in [-0.2, 0) is 19.4 Å². The summed E-state index contributed by atoms with van der Waals surface area (Å²) < 4.78 is 2.07. The smallest absolute Gasteiger partial charge is 0.211 e. The van der Waals surface area contributed by atoms with Crippen LogP contribution in [0.2, 0.25) is 5.02 Å². The molecule has 1 aliphatic rings. The third kappa shape index (κ3) is 4.24. The van der Waals surface area contributed by atoms with E-state index >= 15 is 0 Å². The van der Waals surface area contributed by atoms with Crippen molar-refractivity contribution in [2.75, 3.05) is 0 Å². The molecule has 1 unspecified atom stereocenters. The number of benzene rings is 2. The molecule has 0 saturated carbocycles. The van der Waals surface area contributed by atoms with Crippen molar-refractivity contribution >= 4 is 23.3 Å². The Balaban J connectivity index is 1.69. The Labute approximate surface area is 181 Å². The van der Waals surface area contributed by atoms with Gasteiger partial charge in [-0.15, -0.1) is 5.10 Å². The summed E-state index contributed by atoms with van der Waals surface area (Å²) in [6.45, 7) is 2.88. The summed E-state index contributed by atoms with van der Waals surface area (Å²) in [7, 11) is 0. The van der Waals surface area contributed by atoms with Crippen molar-refractivity contribution in [3.8, 4) is 0 Å². The number of fused-ring (bicyclic) bond motifs is 1. The van der Waals surface area contributed by atoms with Crippen molar-refractivity contribution in [3.63, 3.8) is 0 Å². The summed E-state index contributed by atoms with van der Waals surface area (Å²) in [5, 5.41) is 14.0. The molecule has 0 spiro atoms. The van der Waals surface area contributed by atoms with E-state index in [1.54, 1.807) is 0 Å². The molecule has 0 radical (unpaired) electrons. The molecule has 2 aromatic carbocycles. The van der Waals surface area contributed by atoms with E-state index in [0.717, 1.165) is 52.6 Å². The van der Waals surface area contributed by atoms with Crippen LogP contribution in [0.5, 0.6) is 0 Å². The largest absolute Gasteiger partial charge is 0.369 e. The van der Waals surface area contributed by atoms with Gasteiger partial charge in [-0.2, -0.15) is 10.2 Å². The number of aromatic nitrogens is 2. The molecule has 1 aromatic heterocycles. The first-order valence-corrected chi connectivity index (χ1v) is 10.4. The van der Waals surface area contributed by atoms with Crippen LogP contribution in [0.4, 0.5) is 0 Å². The van der Waals surface area contributed by atoms with E-state index in [1.807, 2.05) is 24.3 Å². The summed E-state index contributed by atoms with van der Waals surface area (Å²) in [6, 6.07) is 18.4. The van der Waals surface area contributed by atoms with Gasteiger partial charge in [0.05, 0.1) is 11.4 Å². The zero-order chi connectivity index (χ0) is 21.1. The summed E-state index contributed by atoms with van der Waals surface area (Å²) in [6.07, 6.45) is 2.42. The maximum atomic E-state index is 6.48. The number of nitrogens with zero attached hydrogens (tertiary/aromatic N) is 4.